The summed E-state index contributed by atoms with van der Waals surface area (Å²) in [5.41, 5.74) is 4.04. The molecule has 1 amide bonds. The molecule has 1 atom stereocenters. The van der Waals surface area contributed by atoms with Crippen molar-refractivity contribution in [3.05, 3.63) is 75.3 Å². The lowest BCUT2D eigenvalue weighted by Gasteiger charge is -2.23. The predicted molar refractivity (Wildman–Crippen MR) is 101 cm³/mol. The molecule has 0 aliphatic heterocycles. The molecule has 6 heteroatoms. The van der Waals surface area contributed by atoms with Gasteiger partial charge in [-0.25, -0.2) is 0 Å². The Balaban J connectivity index is 1.85. The van der Waals surface area contributed by atoms with E-state index in [-0.39, 0.29) is 23.1 Å². The van der Waals surface area contributed by atoms with Gasteiger partial charge < -0.3 is 9.88 Å². The second kappa shape index (κ2) is 7.00. The van der Waals surface area contributed by atoms with Crippen LogP contribution in [-0.2, 0) is 0 Å². The second-order valence-electron chi connectivity index (χ2n) is 6.49. The Morgan fingerprint density at radius 3 is 2.54 bits per heavy atom. The molecule has 2 heterocycles. The SMILES string of the molecule is Cc1cc(C(=O)N(C)C(C)c2cc(-c3ccccc3)n[nH]2)c(=O)[nH]c1C. The molecule has 26 heavy (non-hydrogen) atoms. The molecule has 2 aromatic heterocycles. The molecule has 3 rings (SSSR count). The summed E-state index contributed by atoms with van der Waals surface area (Å²) in [6.07, 6.45) is 0. The zero-order valence-corrected chi connectivity index (χ0v) is 15.3. The van der Waals surface area contributed by atoms with Crippen LogP contribution in [0.2, 0.25) is 0 Å². The summed E-state index contributed by atoms with van der Waals surface area (Å²) in [5.74, 6) is -0.322. The van der Waals surface area contributed by atoms with Crippen LogP contribution in [0.4, 0.5) is 0 Å². The highest BCUT2D eigenvalue weighted by atomic mass is 16.2. The molecule has 0 saturated heterocycles. The number of benzene rings is 1. The number of aryl methyl sites for hydroxylation is 2. The van der Waals surface area contributed by atoms with Crippen molar-refractivity contribution in [3.63, 3.8) is 0 Å². The first-order valence-corrected chi connectivity index (χ1v) is 8.47. The maximum atomic E-state index is 12.8. The van der Waals surface area contributed by atoms with Gasteiger partial charge >= 0.3 is 0 Å². The Morgan fingerprint density at radius 1 is 1.15 bits per heavy atom. The molecular formula is C20H22N4O2. The summed E-state index contributed by atoms with van der Waals surface area (Å²) in [4.78, 5) is 29.2. The maximum Gasteiger partial charge on any atom is 0.261 e. The Bertz CT molecular complexity index is 989. The molecule has 0 fully saturated rings. The lowest BCUT2D eigenvalue weighted by atomic mass is 10.1. The highest BCUT2D eigenvalue weighted by Crippen LogP contribution is 2.23. The molecule has 0 bridgehead atoms. The molecule has 0 aliphatic rings. The molecule has 0 aliphatic carbocycles. The normalized spacial score (nSPS) is 12.0. The summed E-state index contributed by atoms with van der Waals surface area (Å²) in [7, 11) is 1.69. The van der Waals surface area contributed by atoms with Crippen molar-refractivity contribution >= 4 is 5.91 Å². The first kappa shape index (κ1) is 17.7. The predicted octanol–water partition coefficient (Wildman–Crippen LogP) is 3.22. The van der Waals surface area contributed by atoms with Crippen LogP contribution in [0.15, 0.2) is 47.3 Å². The summed E-state index contributed by atoms with van der Waals surface area (Å²) >= 11 is 0. The summed E-state index contributed by atoms with van der Waals surface area (Å²) < 4.78 is 0. The zero-order chi connectivity index (χ0) is 18.8. The molecule has 0 saturated carbocycles. The number of pyridine rings is 1. The fraction of sp³-hybridized carbons (Fsp3) is 0.250. The van der Waals surface area contributed by atoms with E-state index in [9.17, 15) is 9.59 Å². The van der Waals surface area contributed by atoms with Gasteiger partial charge in [-0.1, -0.05) is 30.3 Å². The Kier molecular flexibility index (Phi) is 4.75. The van der Waals surface area contributed by atoms with Crippen molar-refractivity contribution in [2.75, 3.05) is 7.05 Å². The third-order valence-corrected chi connectivity index (χ3v) is 4.75. The summed E-state index contributed by atoms with van der Waals surface area (Å²) in [6.45, 7) is 5.58. The topological polar surface area (TPSA) is 81.8 Å². The van der Waals surface area contributed by atoms with Crippen LogP contribution >= 0.6 is 0 Å². The minimum atomic E-state index is -0.369. The molecule has 1 unspecified atom stereocenters. The van der Waals surface area contributed by atoms with Crippen LogP contribution < -0.4 is 5.56 Å². The fourth-order valence-corrected chi connectivity index (χ4v) is 2.77. The number of nitrogens with one attached hydrogen (secondary N) is 2. The van der Waals surface area contributed by atoms with Gasteiger partial charge in [-0.2, -0.15) is 5.10 Å². The molecule has 3 aromatic rings. The molecule has 6 nitrogen and oxygen atoms in total. The van der Waals surface area contributed by atoms with Crippen molar-refractivity contribution in [1.82, 2.24) is 20.1 Å². The Morgan fingerprint density at radius 2 is 1.85 bits per heavy atom. The van der Waals surface area contributed by atoms with Crippen LogP contribution in [0.5, 0.6) is 0 Å². The van der Waals surface area contributed by atoms with Gasteiger partial charge in [0.25, 0.3) is 11.5 Å². The van der Waals surface area contributed by atoms with E-state index >= 15 is 0 Å². The van der Waals surface area contributed by atoms with Gasteiger partial charge in [0.2, 0.25) is 0 Å². The first-order chi connectivity index (χ1) is 12.4. The van der Waals surface area contributed by atoms with Gasteiger partial charge in [-0.05, 0) is 38.5 Å². The van der Waals surface area contributed by atoms with Crippen LogP contribution in [0.1, 0.15) is 40.3 Å². The zero-order valence-electron chi connectivity index (χ0n) is 15.3. The highest BCUT2D eigenvalue weighted by Gasteiger charge is 2.23. The van der Waals surface area contributed by atoms with E-state index in [1.165, 1.54) is 0 Å². The lowest BCUT2D eigenvalue weighted by molar-refractivity contribution is 0.0738. The number of carbonyl (C=O) groups excluding carboxylic acids is 1. The number of hydrogen-bond acceptors (Lipinski definition) is 3. The minimum absolute atomic E-state index is 0.144. The van der Waals surface area contributed by atoms with E-state index in [4.69, 9.17) is 0 Å². The van der Waals surface area contributed by atoms with Gasteiger partial charge in [0.05, 0.1) is 17.4 Å². The number of aromatic amines is 2. The lowest BCUT2D eigenvalue weighted by Crippen LogP contribution is -2.34. The maximum absolute atomic E-state index is 12.8. The molecule has 2 N–H and O–H groups in total. The third-order valence-electron chi connectivity index (χ3n) is 4.75. The monoisotopic (exact) mass is 350 g/mol. The molecule has 0 radical (unpaired) electrons. The molecule has 1 aromatic carbocycles. The van der Waals surface area contributed by atoms with Crippen LogP contribution in [0.25, 0.3) is 11.3 Å². The number of aromatic nitrogens is 3. The van der Waals surface area contributed by atoms with E-state index in [0.29, 0.717) is 0 Å². The first-order valence-electron chi connectivity index (χ1n) is 8.47. The quantitative estimate of drug-likeness (QED) is 0.758. The number of H-pyrrole nitrogens is 2. The number of rotatable bonds is 4. The van der Waals surface area contributed by atoms with Gasteiger partial charge in [-0.15, -0.1) is 0 Å². The fourth-order valence-electron chi connectivity index (χ4n) is 2.77. The highest BCUT2D eigenvalue weighted by molar-refractivity contribution is 5.94. The smallest absolute Gasteiger partial charge is 0.261 e. The van der Waals surface area contributed by atoms with Gasteiger partial charge in [0, 0.05) is 18.3 Å². The summed E-state index contributed by atoms with van der Waals surface area (Å²) in [5, 5.41) is 7.33. The largest absolute Gasteiger partial charge is 0.333 e. The van der Waals surface area contributed by atoms with E-state index in [2.05, 4.69) is 15.2 Å². The number of nitrogens with zero attached hydrogens (tertiary/aromatic N) is 2. The van der Waals surface area contributed by atoms with Gasteiger partial charge in [-0.3, -0.25) is 14.7 Å². The van der Waals surface area contributed by atoms with Crippen LogP contribution in [-0.4, -0.2) is 33.0 Å². The van der Waals surface area contributed by atoms with E-state index in [0.717, 1.165) is 28.2 Å². The molecule has 0 spiro atoms. The number of carbonyl (C=O) groups is 1. The molecule has 134 valence electrons. The van der Waals surface area contributed by atoms with Crippen molar-refractivity contribution in [3.8, 4) is 11.3 Å². The van der Waals surface area contributed by atoms with Crippen molar-refractivity contribution < 1.29 is 4.79 Å². The van der Waals surface area contributed by atoms with Crippen molar-refractivity contribution in [1.29, 1.82) is 0 Å². The van der Waals surface area contributed by atoms with Crippen molar-refractivity contribution in [2.24, 2.45) is 0 Å². The van der Waals surface area contributed by atoms with Crippen molar-refractivity contribution in [2.45, 2.75) is 26.8 Å². The molecular weight excluding hydrogens is 328 g/mol. The number of amides is 1. The van der Waals surface area contributed by atoms with E-state index < -0.39 is 0 Å². The van der Waals surface area contributed by atoms with E-state index in [1.807, 2.05) is 57.2 Å². The standard InChI is InChI=1S/C20H22N4O2/c1-12-10-16(19(25)21-13(12)2)20(26)24(4)14(3)17-11-18(23-22-17)15-8-6-5-7-9-15/h5-11,14H,1-4H3,(H,21,25)(H,22,23). The Labute approximate surface area is 151 Å². The number of hydrogen-bond donors (Lipinski definition) is 2. The average molecular weight is 350 g/mol. The summed E-state index contributed by atoms with van der Waals surface area (Å²) in [6, 6.07) is 13.1. The third kappa shape index (κ3) is 3.31. The Hall–Kier alpha value is -3.15. The van der Waals surface area contributed by atoms with Gasteiger partial charge in [0.15, 0.2) is 0 Å². The van der Waals surface area contributed by atoms with E-state index in [1.54, 1.807) is 18.0 Å². The second-order valence-corrected chi connectivity index (χ2v) is 6.49. The van der Waals surface area contributed by atoms with Gasteiger partial charge in [0.1, 0.15) is 5.56 Å². The minimum Gasteiger partial charge on any atom is -0.333 e. The average Bonchev–Trinajstić information content (AvgIpc) is 3.14. The van der Waals surface area contributed by atoms with Crippen LogP contribution in [0, 0.1) is 13.8 Å². The van der Waals surface area contributed by atoms with Crippen LogP contribution in [0.3, 0.4) is 0 Å².